The van der Waals surface area contributed by atoms with E-state index in [1.165, 1.54) is 0 Å². The van der Waals surface area contributed by atoms with Crippen molar-refractivity contribution < 1.29 is 14.3 Å². The number of aromatic nitrogens is 1. The molecule has 0 atom stereocenters. The average Bonchev–Trinajstić information content (AvgIpc) is 2.45. The van der Waals surface area contributed by atoms with Crippen LogP contribution < -0.4 is 10.1 Å². The predicted molar refractivity (Wildman–Crippen MR) is 74.9 cm³/mol. The minimum absolute atomic E-state index is 0.180. The highest BCUT2D eigenvalue weighted by Gasteiger charge is 2.07. The van der Waals surface area contributed by atoms with Gasteiger partial charge in [-0.25, -0.2) is 4.98 Å². The minimum Gasteiger partial charge on any atom is -0.483 e. The zero-order chi connectivity index (χ0) is 14.4. The number of amides is 1. The fourth-order valence-corrected chi connectivity index (χ4v) is 1.64. The third-order valence-electron chi connectivity index (χ3n) is 2.59. The van der Waals surface area contributed by atoms with Crippen molar-refractivity contribution in [1.82, 2.24) is 4.98 Å². The van der Waals surface area contributed by atoms with Crippen molar-refractivity contribution in [2.75, 3.05) is 11.9 Å². The number of benzene rings is 1. The van der Waals surface area contributed by atoms with Crippen LogP contribution in [0, 0.1) is 6.92 Å². The molecule has 2 aromatic rings. The Morgan fingerprint density at radius 2 is 2.15 bits per heavy atom. The van der Waals surface area contributed by atoms with E-state index in [1.54, 1.807) is 36.5 Å². The maximum Gasteiger partial charge on any atom is 0.263 e. The Kier molecular flexibility index (Phi) is 4.44. The lowest BCUT2D eigenvalue weighted by atomic mass is 10.2. The first kappa shape index (κ1) is 13.7. The molecular weight excluding hydrogens is 256 g/mol. The number of hydrogen-bond acceptors (Lipinski definition) is 4. The van der Waals surface area contributed by atoms with Crippen LogP contribution >= 0.6 is 0 Å². The van der Waals surface area contributed by atoms with E-state index < -0.39 is 0 Å². The van der Waals surface area contributed by atoms with Crippen molar-refractivity contribution in [3.63, 3.8) is 0 Å². The normalized spacial score (nSPS) is 9.85. The van der Waals surface area contributed by atoms with E-state index in [2.05, 4.69) is 10.3 Å². The van der Waals surface area contributed by atoms with Crippen molar-refractivity contribution in [2.45, 2.75) is 6.92 Å². The van der Waals surface area contributed by atoms with E-state index in [4.69, 9.17) is 4.74 Å². The number of carbonyl (C=O) groups excluding carboxylic acids is 2. The maximum absolute atomic E-state index is 11.7. The van der Waals surface area contributed by atoms with Gasteiger partial charge in [-0.15, -0.1) is 0 Å². The number of aldehydes is 1. The molecule has 1 aromatic heterocycles. The summed E-state index contributed by atoms with van der Waals surface area (Å²) in [5, 5.41) is 2.63. The molecule has 1 N–H and O–H groups in total. The fraction of sp³-hybridized carbons (Fsp3) is 0.133. The molecule has 5 heteroatoms. The van der Waals surface area contributed by atoms with E-state index in [0.717, 1.165) is 5.56 Å². The number of hydrogen-bond donors (Lipinski definition) is 1. The average molecular weight is 270 g/mol. The van der Waals surface area contributed by atoms with E-state index in [9.17, 15) is 9.59 Å². The van der Waals surface area contributed by atoms with Gasteiger partial charge in [0.2, 0.25) is 0 Å². The lowest BCUT2D eigenvalue weighted by molar-refractivity contribution is -0.118. The van der Waals surface area contributed by atoms with Crippen LogP contribution in [0.25, 0.3) is 0 Å². The van der Waals surface area contributed by atoms with Gasteiger partial charge in [-0.3, -0.25) is 9.59 Å². The van der Waals surface area contributed by atoms with Gasteiger partial charge in [-0.1, -0.05) is 12.1 Å². The predicted octanol–water partition coefficient (Wildman–Crippen LogP) is 2.22. The first-order valence-electron chi connectivity index (χ1n) is 6.08. The van der Waals surface area contributed by atoms with Gasteiger partial charge in [0.05, 0.1) is 5.56 Å². The molecule has 0 unspecified atom stereocenters. The summed E-state index contributed by atoms with van der Waals surface area (Å²) >= 11 is 0. The van der Waals surface area contributed by atoms with Gasteiger partial charge in [0, 0.05) is 6.20 Å². The molecule has 5 nitrogen and oxygen atoms in total. The number of carbonyl (C=O) groups is 2. The molecule has 0 aliphatic heterocycles. The Balaban J connectivity index is 1.94. The lowest BCUT2D eigenvalue weighted by Gasteiger charge is -2.08. The number of pyridine rings is 1. The Morgan fingerprint density at radius 1 is 1.35 bits per heavy atom. The largest absolute Gasteiger partial charge is 0.483 e. The van der Waals surface area contributed by atoms with Crippen LogP contribution in [0.1, 0.15) is 15.9 Å². The van der Waals surface area contributed by atoms with Gasteiger partial charge >= 0.3 is 0 Å². The molecule has 0 saturated heterocycles. The van der Waals surface area contributed by atoms with Gasteiger partial charge < -0.3 is 10.1 Å². The second-order valence-corrected chi connectivity index (χ2v) is 4.21. The summed E-state index contributed by atoms with van der Waals surface area (Å²) in [6.45, 7) is 1.73. The number of nitrogens with one attached hydrogen (secondary N) is 1. The lowest BCUT2D eigenvalue weighted by Crippen LogP contribution is -2.21. The van der Waals surface area contributed by atoms with Crippen LogP contribution in [0.15, 0.2) is 42.6 Å². The molecule has 102 valence electrons. The number of nitrogens with zero attached hydrogens (tertiary/aromatic N) is 1. The quantitative estimate of drug-likeness (QED) is 0.846. The minimum atomic E-state index is -0.330. The van der Waals surface area contributed by atoms with Crippen LogP contribution in [-0.2, 0) is 4.79 Å². The highest BCUT2D eigenvalue weighted by molar-refractivity contribution is 5.91. The highest BCUT2D eigenvalue weighted by Crippen LogP contribution is 2.15. The molecule has 1 amide bonds. The molecule has 1 heterocycles. The summed E-state index contributed by atoms with van der Waals surface area (Å²) in [5.74, 6) is 0.529. The summed E-state index contributed by atoms with van der Waals surface area (Å²) in [4.78, 5) is 26.6. The second-order valence-electron chi connectivity index (χ2n) is 4.21. The van der Waals surface area contributed by atoms with Crippen molar-refractivity contribution in [3.8, 4) is 5.75 Å². The van der Waals surface area contributed by atoms with Crippen LogP contribution in [0.4, 0.5) is 5.82 Å². The molecule has 0 aliphatic carbocycles. The number of rotatable bonds is 5. The number of para-hydroxylation sites is 1. The fourth-order valence-electron chi connectivity index (χ4n) is 1.64. The number of ether oxygens (including phenoxy) is 1. The van der Waals surface area contributed by atoms with E-state index >= 15 is 0 Å². The van der Waals surface area contributed by atoms with Crippen LogP contribution in [0.2, 0.25) is 0 Å². The molecule has 0 spiro atoms. The van der Waals surface area contributed by atoms with Crippen LogP contribution in [0.5, 0.6) is 5.75 Å². The Morgan fingerprint density at radius 3 is 2.90 bits per heavy atom. The molecular formula is C15H14N2O3. The van der Waals surface area contributed by atoms with Gasteiger partial charge in [0.1, 0.15) is 11.6 Å². The molecule has 1 aromatic carbocycles. The van der Waals surface area contributed by atoms with Crippen LogP contribution in [-0.4, -0.2) is 23.8 Å². The second kappa shape index (κ2) is 6.47. The Labute approximate surface area is 116 Å². The summed E-state index contributed by atoms with van der Waals surface area (Å²) in [6, 6.07) is 10.3. The molecule has 0 aliphatic rings. The maximum atomic E-state index is 11.7. The molecule has 0 fully saturated rings. The standard InChI is InChI=1S/C15H14N2O3/c1-11-6-7-16-14(8-11)17-15(19)10-20-13-5-3-2-4-12(13)9-18/h2-9H,10H2,1H3,(H,16,17,19). The SMILES string of the molecule is Cc1ccnc(NC(=O)COc2ccccc2C=O)c1. The molecule has 2 rings (SSSR count). The number of anilines is 1. The molecule has 0 bridgehead atoms. The summed E-state index contributed by atoms with van der Waals surface area (Å²) in [7, 11) is 0. The zero-order valence-electron chi connectivity index (χ0n) is 11.0. The van der Waals surface area contributed by atoms with Crippen molar-refractivity contribution in [2.24, 2.45) is 0 Å². The number of aryl methyl sites for hydroxylation is 1. The third kappa shape index (κ3) is 3.65. The first-order chi connectivity index (χ1) is 9.69. The van der Waals surface area contributed by atoms with E-state index in [-0.39, 0.29) is 12.5 Å². The summed E-state index contributed by atoms with van der Waals surface area (Å²) < 4.78 is 5.32. The smallest absolute Gasteiger partial charge is 0.263 e. The summed E-state index contributed by atoms with van der Waals surface area (Å²) in [5.41, 5.74) is 1.41. The van der Waals surface area contributed by atoms with E-state index in [1.807, 2.05) is 13.0 Å². The van der Waals surface area contributed by atoms with Gasteiger partial charge in [0.15, 0.2) is 12.9 Å². The van der Waals surface area contributed by atoms with Crippen molar-refractivity contribution >= 4 is 18.0 Å². The monoisotopic (exact) mass is 270 g/mol. The van der Waals surface area contributed by atoms with E-state index in [0.29, 0.717) is 23.4 Å². The Hall–Kier alpha value is -2.69. The molecule has 0 saturated carbocycles. The van der Waals surface area contributed by atoms with Gasteiger partial charge in [0.25, 0.3) is 5.91 Å². The van der Waals surface area contributed by atoms with Crippen LogP contribution in [0.3, 0.4) is 0 Å². The third-order valence-corrected chi connectivity index (χ3v) is 2.59. The highest BCUT2D eigenvalue weighted by atomic mass is 16.5. The van der Waals surface area contributed by atoms with Crippen molar-refractivity contribution in [3.05, 3.63) is 53.7 Å². The topological polar surface area (TPSA) is 68.3 Å². The van der Waals surface area contributed by atoms with Gasteiger partial charge in [-0.2, -0.15) is 0 Å². The Bertz CT molecular complexity index is 626. The molecule has 0 radical (unpaired) electrons. The zero-order valence-corrected chi connectivity index (χ0v) is 11.0. The summed E-state index contributed by atoms with van der Waals surface area (Å²) in [6.07, 6.45) is 2.31. The van der Waals surface area contributed by atoms with Gasteiger partial charge in [-0.05, 0) is 36.8 Å². The first-order valence-corrected chi connectivity index (χ1v) is 6.08. The molecule has 20 heavy (non-hydrogen) atoms. The van der Waals surface area contributed by atoms with Crippen molar-refractivity contribution in [1.29, 1.82) is 0 Å².